The van der Waals surface area contributed by atoms with Crippen molar-refractivity contribution in [2.75, 3.05) is 7.11 Å². The van der Waals surface area contributed by atoms with Crippen molar-refractivity contribution < 1.29 is 19.4 Å². The lowest BCUT2D eigenvalue weighted by Crippen LogP contribution is -2.33. The van der Waals surface area contributed by atoms with Crippen LogP contribution in [0.4, 0.5) is 0 Å². The first-order valence-electron chi connectivity index (χ1n) is 8.56. The third-order valence-electron chi connectivity index (χ3n) is 5.25. The van der Waals surface area contributed by atoms with E-state index in [-0.39, 0.29) is 5.92 Å². The van der Waals surface area contributed by atoms with E-state index in [1.54, 1.807) is 4.57 Å². The molecule has 0 radical (unpaired) electrons. The zero-order chi connectivity index (χ0) is 18.3. The number of hydrogen-bond donors (Lipinski definition) is 1. The summed E-state index contributed by atoms with van der Waals surface area (Å²) in [6.07, 6.45) is 0.313. The molecule has 0 bridgehead atoms. The van der Waals surface area contributed by atoms with Crippen LogP contribution < -0.4 is 0 Å². The lowest BCUT2D eigenvalue weighted by atomic mass is 9.78. The third kappa shape index (κ3) is 2.35. The maximum Gasteiger partial charge on any atom is 0.315 e. The minimum Gasteiger partial charge on any atom is -0.468 e. The Balaban J connectivity index is 2.02. The number of esters is 1. The standard InChI is InChI=1S/C21H19NO4/c1-26-21(25)19-15(13-7-3-2-4-8-13)11-18(24)22-17-10-6-5-9-14(17)16(12-23)20(19)22/h2-10,12,15,18-19,24H,11H2,1H3. The summed E-state index contributed by atoms with van der Waals surface area (Å²) < 4.78 is 6.79. The van der Waals surface area contributed by atoms with Gasteiger partial charge in [-0.05, 0) is 11.6 Å². The molecule has 5 nitrogen and oxygen atoms in total. The van der Waals surface area contributed by atoms with E-state index in [4.69, 9.17) is 4.74 Å². The second-order valence-electron chi connectivity index (χ2n) is 6.54. The monoisotopic (exact) mass is 349 g/mol. The number of benzene rings is 2. The largest absolute Gasteiger partial charge is 0.468 e. The zero-order valence-corrected chi connectivity index (χ0v) is 14.3. The van der Waals surface area contributed by atoms with Gasteiger partial charge in [0, 0.05) is 29.0 Å². The van der Waals surface area contributed by atoms with Crippen molar-refractivity contribution in [2.45, 2.75) is 24.5 Å². The fraction of sp³-hybridized carbons (Fsp3) is 0.238. The minimum atomic E-state index is -0.824. The Labute approximate surface area is 150 Å². The van der Waals surface area contributed by atoms with Gasteiger partial charge in [0.1, 0.15) is 12.1 Å². The van der Waals surface area contributed by atoms with E-state index < -0.39 is 18.1 Å². The Bertz CT molecular complexity index is 976. The SMILES string of the molecule is COC(=O)C1c2c(C=O)c3ccccc3n2C(O)CC1c1ccccc1. The van der Waals surface area contributed by atoms with Crippen LogP contribution in [-0.4, -0.2) is 29.0 Å². The van der Waals surface area contributed by atoms with Crippen LogP contribution in [0.5, 0.6) is 0 Å². The molecule has 0 spiro atoms. The number of para-hydroxylation sites is 1. The van der Waals surface area contributed by atoms with Crippen LogP contribution in [0, 0.1) is 0 Å². The average Bonchev–Trinajstić information content (AvgIpc) is 3.02. The zero-order valence-electron chi connectivity index (χ0n) is 14.3. The highest BCUT2D eigenvalue weighted by atomic mass is 16.5. The molecule has 26 heavy (non-hydrogen) atoms. The average molecular weight is 349 g/mol. The Hall–Kier alpha value is -2.92. The van der Waals surface area contributed by atoms with Crippen LogP contribution >= 0.6 is 0 Å². The summed E-state index contributed by atoms with van der Waals surface area (Å²) in [7, 11) is 1.35. The molecule has 3 aromatic rings. The highest BCUT2D eigenvalue weighted by Crippen LogP contribution is 2.48. The van der Waals surface area contributed by atoms with E-state index in [0.29, 0.717) is 17.7 Å². The number of aldehydes is 1. The molecular weight excluding hydrogens is 330 g/mol. The smallest absolute Gasteiger partial charge is 0.315 e. The van der Waals surface area contributed by atoms with Crippen LogP contribution in [0.2, 0.25) is 0 Å². The van der Waals surface area contributed by atoms with E-state index >= 15 is 0 Å². The number of aromatic nitrogens is 1. The van der Waals surface area contributed by atoms with Crippen molar-refractivity contribution in [1.29, 1.82) is 0 Å². The molecule has 0 saturated carbocycles. The Morgan fingerprint density at radius 2 is 1.85 bits per heavy atom. The molecule has 3 unspecified atom stereocenters. The van der Waals surface area contributed by atoms with Gasteiger partial charge in [0.2, 0.25) is 0 Å². The molecule has 0 aliphatic carbocycles. The van der Waals surface area contributed by atoms with Gasteiger partial charge in [-0.15, -0.1) is 0 Å². The second-order valence-corrected chi connectivity index (χ2v) is 6.54. The van der Waals surface area contributed by atoms with E-state index in [0.717, 1.165) is 22.8 Å². The lowest BCUT2D eigenvalue weighted by Gasteiger charge is -2.35. The summed E-state index contributed by atoms with van der Waals surface area (Å²) in [6.45, 7) is 0. The summed E-state index contributed by atoms with van der Waals surface area (Å²) in [6, 6.07) is 17.0. The molecule has 1 aliphatic heterocycles. The van der Waals surface area contributed by atoms with Gasteiger partial charge in [0.05, 0.1) is 12.6 Å². The molecule has 132 valence electrons. The number of rotatable bonds is 3. The lowest BCUT2D eigenvalue weighted by molar-refractivity contribution is -0.144. The molecule has 3 atom stereocenters. The molecule has 2 heterocycles. The van der Waals surface area contributed by atoms with Crippen molar-refractivity contribution in [1.82, 2.24) is 4.57 Å². The van der Waals surface area contributed by atoms with Crippen molar-refractivity contribution in [2.24, 2.45) is 0 Å². The third-order valence-corrected chi connectivity index (χ3v) is 5.25. The number of hydrogen-bond acceptors (Lipinski definition) is 4. The van der Waals surface area contributed by atoms with Crippen LogP contribution in [0.25, 0.3) is 10.9 Å². The molecule has 0 fully saturated rings. The number of nitrogens with zero attached hydrogens (tertiary/aromatic N) is 1. The molecule has 5 heteroatoms. The molecule has 1 N–H and O–H groups in total. The highest BCUT2D eigenvalue weighted by molar-refractivity contribution is 6.01. The van der Waals surface area contributed by atoms with Crippen LogP contribution in [-0.2, 0) is 9.53 Å². The summed E-state index contributed by atoms with van der Waals surface area (Å²) in [5, 5.41) is 11.6. The second kappa shape index (κ2) is 6.42. The van der Waals surface area contributed by atoms with Crippen molar-refractivity contribution in [3.8, 4) is 0 Å². The normalized spacial score (nSPS) is 22.0. The summed E-state index contributed by atoms with van der Waals surface area (Å²) in [4.78, 5) is 24.6. The molecule has 0 amide bonds. The summed E-state index contributed by atoms with van der Waals surface area (Å²) in [5.74, 6) is -1.33. The number of fused-ring (bicyclic) bond motifs is 3. The maximum atomic E-state index is 12.7. The van der Waals surface area contributed by atoms with E-state index in [9.17, 15) is 14.7 Å². The predicted molar refractivity (Wildman–Crippen MR) is 97.1 cm³/mol. The first-order chi connectivity index (χ1) is 12.7. The van der Waals surface area contributed by atoms with Crippen LogP contribution in [0.15, 0.2) is 54.6 Å². The van der Waals surface area contributed by atoms with Gasteiger partial charge >= 0.3 is 5.97 Å². The summed E-state index contributed by atoms with van der Waals surface area (Å²) >= 11 is 0. The fourth-order valence-corrected chi connectivity index (χ4v) is 4.16. The summed E-state index contributed by atoms with van der Waals surface area (Å²) in [5.41, 5.74) is 2.66. The van der Waals surface area contributed by atoms with Gasteiger partial charge in [0.15, 0.2) is 6.29 Å². The van der Waals surface area contributed by atoms with Gasteiger partial charge in [-0.3, -0.25) is 9.59 Å². The van der Waals surface area contributed by atoms with Crippen molar-refractivity contribution >= 4 is 23.2 Å². The Kier molecular flexibility index (Phi) is 4.09. The van der Waals surface area contributed by atoms with E-state index in [2.05, 4.69) is 0 Å². The Morgan fingerprint density at radius 1 is 1.15 bits per heavy atom. The Morgan fingerprint density at radius 3 is 2.54 bits per heavy atom. The van der Waals surface area contributed by atoms with Crippen molar-refractivity contribution in [3.63, 3.8) is 0 Å². The molecule has 1 aliphatic rings. The van der Waals surface area contributed by atoms with Crippen molar-refractivity contribution in [3.05, 3.63) is 71.4 Å². The molecule has 1 aromatic heterocycles. The van der Waals surface area contributed by atoms with Gasteiger partial charge in [0.25, 0.3) is 0 Å². The number of ether oxygens (including phenoxy) is 1. The maximum absolute atomic E-state index is 12.7. The van der Waals surface area contributed by atoms with Crippen LogP contribution in [0.3, 0.4) is 0 Å². The van der Waals surface area contributed by atoms with E-state index in [1.165, 1.54) is 7.11 Å². The van der Waals surface area contributed by atoms with Crippen LogP contribution in [0.1, 0.15) is 46.1 Å². The molecule has 4 rings (SSSR count). The predicted octanol–water partition coefficient (Wildman–Crippen LogP) is 3.39. The van der Waals surface area contributed by atoms with Gasteiger partial charge < -0.3 is 14.4 Å². The topological polar surface area (TPSA) is 68.5 Å². The fourth-order valence-electron chi connectivity index (χ4n) is 4.16. The van der Waals surface area contributed by atoms with Gasteiger partial charge in [-0.25, -0.2) is 0 Å². The first kappa shape index (κ1) is 16.5. The van der Waals surface area contributed by atoms with Gasteiger partial charge in [-0.2, -0.15) is 0 Å². The highest BCUT2D eigenvalue weighted by Gasteiger charge is 2.43. The molecular formula is C21H19NO4. The number of aliphatic hydroxyl groups is 1. The van der Waals surface area contributed by atoms with E-state index in [1.807, 2.05) is 54.6 Å². The number of carbonyl (C=O) groups excluding carboxylic acids is 2. The first-order valence-corrected chi connectivity index (χ1v) is 8.56. The quantitative estimate of drug-likeness (QED) is 0.581. The number of methoxy groups -OCH3 is 1. The number of aliphatic hydroxyl groups excluding tert-OH is 1. The molecule has 2 aromatic carbocycles. The van der Waals surface area contributed by atoms with Gasteiger partial charge in [-0.1, -0.05) is 48.5 Å². The minimum absolute atomic E-state index is 0.269. The molecule has 0 saturated heterocycles. The number of carbonyl (C=O) groups is 2.